The van der Waals surface area contributed by atoms with Crippen molar-refractivity contribution in [3.63, 3.8) is 0 Å². The number of anilines is 1. The van der Waals surface area contributed by atoms with Crippen molar-refractivity contribution in [2.45, 2.75) is 13.8 Å². The van der Waals surface area contributed by atoms with E-state index in [1.54, 1.807) is 19.1 Å². The average molecular weight is 344 g/mol. The Morgan fingerprint density at radius 2 is 1.76 bits per heavy atom. The number of aryl methyl sites for hydroxylation is 2. The van der Waals surface area contributed by atoms with Gasteiger partial charge in [-0.3, -0.25) is 9.59 Å². The standard InChI is InChI=1S/C18H20N2O5/c1-11-4-6-13(7-5-11)20-17(22)15-10-14(12(2)19-16(15)21)18(23)25-9-8-24-3/h4-7,10H,8-9H2,1-3H3,(H,19,21)(H,20,22). The van der Waals surface area contributed by atoms with E-state index in [2.05, 4.69) is 10.3 Å². The minimum absolute atomic E-state index is 0.0821. The Bertz CT molecular complexity index is 824. The number of esters is 1. The van der Waals surface area contributed by atoms with Crippen LogP contribution in [0.1, 0.15) is 32.0 Å². The first kappa shape index (κ1) is 18.4. The van der Waals surface area contributed by atoms with E-state index in [-0.39, 0.29) is 24.3 Å². The largest absolute Gasteiger partial charge is 0.460 e. The topological polar surface area (TPSA) is 97.5 Å². The van der Waals surface area contributed by atoms with E-state index in [0.29, 0.717) is 11.4 Å². The Morgan fingerprint density at radius 1 is 1.08 bits per heavy atom. The summed E-state index contributed by atoms with van der Waals surface area (Å²) in [5.41, 5.74) is 1.33. The maximum Gasteiger partial charge on any atom is 0.340 e. The number of carbonyl (C=O) groups excluding carboxylic acids is 2. The van der Waals surface area contributed by atoms with Gasteiger partial charge < -0.3 is 19.8 Å². The van der Waals surface area contributed by atoms with Crippen LogP contribution >= 0.6 is 0 Å². The quantitative estimate of drug-likeness (QED) is 0.617. The molecule has 25 heavy (non-hydrogen) atoms. The predicted octanol–water partition coefficient (Wildman–Crippen LogP) is 2.05. The summed E-state index contributed by atoms with van der Waals surface area (Å²) >= 11 is 0. The molecule has 7 heteroatoms. The van der Waals surface area contributed by atoms with Crippen LogP contribution in [0.25, 0.3) is 0 Å². The summed E-state index contributed by atoms with van der Waals surface area (Å²) in [4.78, 5) is 39.0. The van der Waals surface area contributed by atoms with E-state index in [9.17, 15) is 14.4 Å². The molecule has 1 aromatic heterocycles. The number of carbonyl (C=O) groups is 2. The summed E-state index contributed by atoms with van der Waals surface area (Å²) < 4.78 is 9.85. The molecule has 1 amide bonds. The van der Waals surface area contributed by atoms with Gasteiger partial charge in [-0.15, -0.1) is 0 Å². The van der Waals surface area contributed by atoms with Crippen LogP contribution in [0, 0.1) is 13.8 Å². The van der Waals surface area contributed by atoms with Crippen LogP contribution in [0.3, 0.4) is 0 Å². The fourth-order valence-corrected chi connectivity index (χ4v) is 2.13. The van der Waals surface area contributed by atoms with Crippen LogP contribution in [0.4, 0.5) is 5.69 Å². The third-order valence-electron chi connectivity index (χ3n) is 3.53. The second-order valence-corrected chi connectivity index (χ2v) is 5.50. The van der Waals surface area contributed by atoms with Gasteiger partial charge in [-0.1, -0.05) is 17.7 Å². The van der Waals surface area contributed by atoms with Crippen LogP contribution in [0.15, 0.2) is 35.1 Å². The summed E-state index contributed by atoms with van der Waals surface area (Å²) in [6, 6.07) is 8.39. The maximum absolute atomic E-state index is 12.4. The fourth-order valence-electron chi connectivity index (χ4n) is 2.13. The highest BCUT2D eigenvalue weighted by molar-refractivity contribution is 6.05. The van der Waals surface area contributed by atoms with Gasteiger partial charge in [0.15, 0.2) is 0 Å². The smallest absolute Gasteiger partial charge is 0.340 e. The van der Waals surface area contributed by atoms with Gasteiger partial charge in [-0.2, -0.15) is 0 Å². The molecular formula is C18H20N2O5. The van der Waals surface area contributed by atoms with Gasteiger partial charge in [0.25, 0.3) is 11.5 Å². The predicted molar refractivity (Wildman–Crippen MR) is 93.1 cm³/mol. The zero-order chi connectivity index (χ0) is 18.4. The van der Waals surface area contributed by atoms with Crippen LogP contribution in [0.2, 0.25) is 0 Å². The van der Waals surface area contributed by atoms with Crippen molar-refractivity contribution in [1.82, 2.24) is 4.98 Å². The average Bonchev–Trinajstić information content (AvgIpc) is 2.57. The zero-order valence-corrected chi connectivity index (χ0v) is 14.3. The number of benzene rings is 1. The molecule has 132 valence electrons. The number of rotatable bonds is 6. The Kier molecular flexibility index (Phi) is 6.08. The molecule has 0 atom stereocenters. The highest BCUT2D eigenvalue weighted by Crippen LogP contribution is 2.12. The number of H-pyrrole nitrogens is 1. The van der Waals surface area contributed by atoms with Crippen molar-refractivity contribution >= 4 is 17.6 Å². The summed E-state index contributed by atoms with van der Waals surface area (Å²) in [6.07, 6.45) is 0. The first-order chi connectivity index (χ1) is 11.9. The Labute approximate surface area is 145 Å². The highest BCUT2D eigenvalue weighted by Gasteiger charge is 2.18. The highest BCUT2D eigenvalue weighted by atomic mass is 16.6. The van der Waals surface area contributed by atoms with E-state index in [1.807, 2.05) is 19.1 Å². The molecule has 0 radical (unpaired) electrons. The van der Waals surface area contributed by atoms with Crippen molar-refractivity contribution in [3.05, 3.63) is 63.1 Å². The van der Waals surface area contributed by atoms with E-state index < -0.39 is 17.4 Å². The number of aromatic nitrogens is 1. The Balaban J connectivity index is 2.23. The lowest BCUT2D eigenvalue weighted by Crippen LogP contribution is -2.26. The van der Waals surface area contributed by atoms with Gasteiger partial charge in [0.1, 0.15) is 12.2 Å². The van der Waals surface area contributed by atoms with Crippen molar-refractivity contribution in [2.75, 3.05) is 25.6 Å². The number of hydrogen-bond donors (Lipinski definition) is 2. The molecule has 0 saturated carbocycles. The second-order valence-electron chi connectivity index (χ2n) is 5.50. The Hall–Kier alpha value is -2.93. The van der Waals surface area contributed by atoms with Crippen molar-refractivity contribution < 1.29 is 19.1 Å². The number of hydrogen-bond acceptors (Lipinski definition) is 5. The van der Waals surface area contributed by atoms with Crippen LogP contribution < -0.4 is 10.9 Å². The van der Waals surface area contributed by atoms with Gasteiger partial charge in [0.2, 0.25) is 0 Å². The third-order valence-corrected chi connectivity index (χ3v) is 3.53. The molecule has 0 saturated heterocycles. The van der Waals surface area contributed by atoms with Gasteiger partial charge >= 0.3 is 5.97 Å². The number of pyridine rings is 1. The SMILES string of the molecule is COCCOC(=O)c1cc(C(=O)Nc2ccc(C)cc2)c(=O)[nH]c1C. The number of methoxy groups -OCH3 is 1. The maximum atomic E-state index is 12.4. The molecular weight excluding hydrogens is 324 g/mol. The van der Waals surface area contributed by atoms with Gasteiger partial charge in [0, 0.05) is 18.5 Å². The third kappa shape index (κ3) is 4.77. The number of ether oxygens (including phenoxy) is 2. The first-order valence-corrected chi connectivity index (χ1v) is 7.70. The van der Waals surface area contributed by atoms with Crippen molar-refractivity contribution in [1.29, 1.82) is 0 Å². The molecule has 0 unspecified atom stereocenters. The molecule has 0 aliphatic carbocycles. The lowest BCUT2D eigenvalue weighted by atomic mass is 10.1. The lowest BCUT2D eigenvalue weighted by Gasteiger charge is -2.09. The summed E-state index contributed by atoms with van der Waals surface area (Å²) in [7, 11) is 1.49. The number of amides is 1. The molecule has 0 bridgehead atoms. The molecule has 2 N–H and O–H groups in total. The molecule has 0 spiro atoms. The molecule has 0 fully saturated rings. The van der Waals surface area contributed by atoms with E-state index in [0.717, 1.165) is 5.56 Å². The summed E-state index contributed by atoms with van der Waals surface area (Å²) in [6.45, 7) is 3.83. The van der Waals surface area contributed by atoms with E-state index in [1.165, 1.54) is 13.2 Å². The molecule has 0 aliphatic heterocycles. The van der Waals surface area contributed by atoms with Gasteiger partial charge in [0.05, 0.1) is 12.2 Å². The number of nitrogens with one attached hydrogen (secondary N) is 2. The minimum Gasteiger partial charge on any atom is -0.460 e. The zero-order valence-electron chi connectivity index (χ0n) is 14.3. The summed E-state index contributed by atoms with van der Waals surface area (Å²) in [5, 5.41) is 2.63. The number of aromatic amines is 1. The summed E-state index contributed by atoms with van der Waals surface area (Å²) in [5.74, 6) is -1.23. The van der Waals surface area contributed by atoms with Crippen molar-refractivity contribution in [3.8, 4) is 0 Å². The molecule has 0 aliphatic rings. The fraction of sp³-hybridized carbons (Fsp3) is 0.278. The molecule has 1 heterocycles. The van der Waals surface area contributed by atoms with Crippen LogP contribution in [-0.2, 0) is 9.47 Å². The Morgan fingerprint density at radius 3 is 2.40 bits per heavy atom. The molecule has 7 nitrogen and oxygen atoms in total. The van der Waals surface area contributed by atoms with Crippen LogP contribution in [0.5, 0.6) is 0 Å². The minimum atomic E-state index is -0.629. The molecule has 2 aromatic rings. The van der Waals surface area contributed by atoms with E-state index >= 15 is 0 Å². The molecule has 1 aromatic carbocycles. The van der Waals surface area contributed by atoms with E-state index in [4.69, 9.17) is 9.47 Å². The van der Waals surface area contributed by atoms with Crippen molar-refractivity contribution in [2.24, 2.45) is 0 Å². The van der Waals surface area contributed by atoms with Crippen LogP contribution in [-0.4, -0.2) is 37.2 Å². The van der Waals surface area contributed by atoms with Gasteiger partial charge in [-0.05, 0) is 32.0 Å². The first-order valence-electron chi connectivity index (χ1n) is 7.70. The molecule has 2 rings (SSSR count). The normalized spacial score (nSPS) is 10.4. The second kappa shape index (κ2) is 8.25. The monoisotopic (exact) mass is 344 g/mol. The lowest BCUT2D eigenvalue weighted by molar-refractivity contribution is 0.0386. The van der Waals surface area contributed by atoms with Gasteiger partial charge in [-0.25, -0.2) is 4.79 Å².